The highest BCUT2D eigenvalue weighted by molar-refractivity contribution is 6.30. The van der Waals surface area contributed by atoms with Crippen LogP contribution in [-0.2, 0) is 26.6 Å². The quantitative estimate of drug-likeness (QED) is 0.702. The van der Waals surface area contributed by atoms with Gasteiger partial charge in [-0.3, -0.25) is 13.9 Å². The third-order valence-corrected chi connectivity index (χ3v) is 4.60. The van der Waals surface area contributed by atoms with E-state index in [0.717, 1.165) is 17.8 Å². The van der Waals surface area contributed by atoms with Gasteiger partial charge in [0, 0.05) is 25.0 Å². The van der Waals surface area contributed by atoms with Crippen molar-refractivity contribution in [2.45, 2.75) is 39.8 Å². The second kappa shape index (κ2) is 6.88. The molecule has 132 valence electrons. The van der Waals surface area contributed by atoms with Gasteiger partial charge in [0.15, 0.2) is 11.2 Å². The fourth-order valence-corrected chi connectivity index (χ4v) is 3.19. The fourth-order valence-electron chi connectivity index (χ4n) is 3.06. The van der Waals surface area contributed by atoms with E-state index in [1.54, 1.807) is 21.3 Å². The van der Waals surface area contributed by atoms with Crippen molar-refractivity contribution < 1.29 is 0 Å². The van der Waals surface area contributed by atoms with Gasteiger partial charge in [-0.2, -0.15) is 0 Å². The Labute approximate surface area is 150 Å². The summed E-state index contributed by atoms with van der Waals surface area (Å²) in [5, 5.41) is 0.620. The molecule has 0 aliphatic rings. The number of aromatic nitrogens is 4. The number of fused-ring (bicyclic) bond motifs is 1. The number of aryl methyl sites for hydroxylation is 3. The summed E-state index contributed by atoms with van der Waals surface area (Å²) in [7, 11) is 1.82. The lowest BCUT2D eigenvalue weighted by Crippen LogP contribution is -2.40. The largest absolute Gasteiger partial charge is 0.333 e. The molecule has 0 bridgehead atoms. The normalized spacial score (nSPS) is 11.4. The molecule has 0 amide bonds. The van der Waals surface area contributed by atoms with Crippen molar-refractivity contribution in [3.05, 3.63) is 61.5 Å². The number of hydrogen-bond acceptors (Lipinski definition) is 3. The number of hydrogen-bond donors (Lipinski definition) is 0. The second-order valence-corrected chi connectivity index (χ2v) is 6.50. The molecule has 0 radical (unpaired) electrons. The maximum atomic E-state index is 13.0. The maximum Gasteiger partial charge on any atom is 0.333 e. The van der Waals surface area contributed by atoms with Gasteiger partial charge in [-0.1, -0.05) is 37.6 Å². The Morgan fingerprint density at radius 3 is 2.36 bits per heavy atom. The van der Waals surface area contributed by atoms with Crippen molar-refractivity contribution in [3.8, 4) is 0 Å². The lowest BCUT2D eigenvalue weighted by Gasteiger charge is -2.11. The van der Waals surface area contributed by atoms with Crippen LogP contribution in [0.15, 0.2) is 33.9 Å². The van der Waals surface area contributed by atoms with Gasteiger partial charge in [0.2, 0.25) is 0 Å². The zero-order chi connectivity index (χ0) is 18.1. The minimum atomic E-state index is -0.324. The molecule has 6 nitrogen and oxygen atoms in total. The maximum absolute atomic E-state index is 13.0. The molecule has 0 atom stereocenters. The Bertz CT molecular complexity index is 1030. The summed E-state index contributed by atoms with van der Waals surface area (Å²) < 4.78 is 4.68. The third-order valence-electron chi connectivity index (χ3n) is 4.35. The van der Waals surface area contributed by atoms with Gasteiger partial charge in [-0.15, -0.1) is 0 Å². The predicted molar refractivity (Wildman–Crippen MR) is 99.5 cm³/mol. The first kappa shape index (κ1) is 17.5. The standard InChI is InChI=1S/C18H21ClN4O2/c1-4-10-22-16-15(21(3)14(5-2)20-16)17(24)23(18(22)25)11-12-6-8-13(19)9-7-12/h6-9H,4-5,10-11H2,1-3H3. The molecule has 0 N–H and O–H groups in total. The van der Waals surface area contributed by atoms with Crippen molar-refractivity contribution in [1.29, 1.82) is 0 Å². The number of nitrogens with zero attached hydrogens (tertiary/aromatic N) is 4. The highest BCUT2D eigenvalue weighted by atomic mass is 35.5. The molecule has 0 spiro atoms. The Morgan fingerprint density at radius 2 is 1.76 bits per heavy atom. The van der Waals surface area contributed by atoms with Crippen LogP contribution in [0.3, 0.4) is 0 Å². The number of halogens is 1. The molecular weight excluding hydrogens is 340 g/mol. The van der Waals surface area contributed by atoms with E-state index in [2.05, 4.69) is 4.98 Å². The molecule has 1 aromatic carbocycles. The van der Waals surface area contributed by atoms with Crippen LogP contribution in [0.25, 0.3) is 11.2 Å². The van der Waals surface area contributed by atoms with Crippen molar-refractivity contribution >= 4 is 22.8 Å². The van der Waals surface area contributed by atoms with E-state index in [1.807, 2.05) is 33.0 Å². The fraction of sp³-hybridized carbons (Fsp3) is 0.389. The Kier molecular flexibility index (Phi) is 4.81. The average molecular weight is 361 g/mol. The highest BCUT2D eigenvalue weighted by Gasteiger charge is 2.19. The second-order valence-electron chi connectivity index (χ2n) is 6.06. The molecule has 0 saturated heterocycles. The summed E-state index contributed by atoms with van der Waals surface area (Å²) in [4.78, 5) is 30.4. The molecule has 0 unspecified atom stereocenters. The Morgan fingerprint density at radius 1 is 1.08 bits per heavy atom. The van der Waals surface area contributed by atoms with Crippen molar-refractivity contribution in [1.82, 2.24) is 18.7 Å². The van der Waals surface area contributed by atoms with Crippen LogP contribution in [0.4, 0.5) is 0 Å². The van der Waals surface area contributed by atoms with Gasteiger partial charge in [-0.25, -0.2) is 9.78 Å². The predicted octanol–water partition coefficient (Wildman–Crippen LogP) is 2.57. The lowest BCUT2D eigenvalue weighted by atomic mass is 10.2. The first-order valence-corrected chi connectivity index (χ1v) is 8.79. The van der Waals surface area contributed by atoms with E-state index in [-0.39, 0.29) is 17.8 Å². The molecular formula is C18H21ClN4O2. The molecule has 7 heteroatoms. The van der Waals surface area contributed by atoms with Gasteiger partial charge in [0.25, 0.3) is 5.56 Å². The van der Waals surface area contributed by atoms with Crippen LogP contribution in [0.5, 0.6) is 0 Å². The van der Waals surface area contributed by atoms with Crippen molar-refractivity contribution in [2.75, 3.05) is 0 Å². The molecule has 0 saturated carbocycles. The zero-order valence-electron chi connectivity index (χ0n) is 14.6. The Hall–Kier alpha value is -2.34. The SMILES string of the molecule is CCCn1c(=O)n(Cc2ccc(Cl)cc2)c(=O)c2c1nc(CC)n2C. The van der Waals surface area contributed by atoms with Crippen LogP contribution in [0.1, 0.15) is 31.7 Å². The highest BCUT2D eigenvalue weighted by Crippen LogP contribution is 2.13. The topological polar surface area (TPSA) is 61.8 Å². The van der Waals surface area contributed by atoms with Crippen molar-refractivity contribution in [3.63, 3.8) is 0 Å². The van der Waals surface area contributed by atoms with Crippen LogP contribution in [0, 0.1) is 0 Å². The summed E-state index contributed by atoms with van der Waals surface area (Å²) in [6.07, 6.45) is 1.48. The monoisotopic (exact) mass is 360 g/mol. The van der Waals surface area contributed by atoms with Gasteiger partial charge in [-0.05, 0) is 24.1 Å². The summed E-state index contributed by atoms with van der Waals surface area (Å²) in [6, 6.07) is 7.15. The number of imidazole rings is 1. The van der Waals surface area contributed by atoms with E-state index in [4.69, 9.17) is 11.6 Å². The molecule has 0 aliphatic carbocycles. The lowest BCUT2D eigenvalue weighted by molar-refractivity contribution is 0.588. The van der Waals surface area contributed by atoms with Crippen LogP contribution in [-0.4, -0.2) is 18.7 Å². The van der Waals surface area contributed by atoms with Crippen LogP contribution < -0.4 is 11.2 Å². The molecule has 2 heterocycles. The summed E-state index contributed by atoms with van der Waals surface area (Å²) in [5.41, 5.74) is 1.17. The van der Waals surface area contributed by atoms with Gasteiger partial charge in [0.05, 0.1) is 6.54 Å². The smallest absolute Gasteiger partial charge is 0.325 e. The molecule has 3 aromatic rings. The molecule has 3 rings (SSSR count). The molecule has 0 aliphatic heterocycles. The summed E-state index contributed by atoms with van der Waals surface area (Å²) >= 11 is 5.92. The van der Waals surface area contributed by atoms with Gasteiger partial charge in [0.1, 0.15) is 5.82 Å². The zero-order valence-corrected chi connectivity index (χ0v) is 15.4. The summed E-state index contributed by atoms with van der Waals surface area (Å²) in [5.74, 6) is 0.792. The van der Waals surface area contributed by atoms with E-state index >= 15 is 0 Å². The van der Waals surface area contributed by atoms with E-state index in [0.29, 0.717) is 29.2 Å². The van der Waals surface area contributed by atoms with E-state index in [1.165, 1.54) is 4.57 Å². The van der Waals surface area contributed by atoms with E-state index in [9.17, 15) is 9.59 Å². The molecule has 2 aromatic heterocycles. The van der Waals surface area contributed by atoms with Crippen molar-refractivity contribution in [2.24, 2.45) is 7.05 Å². The minimum absolute atomic E-state index is 0.209. The first-order valence-electron chi connectivity index (χ1n) is 8.41. The van der Waals surface area contributed by atoms with Gasteiger partial charge < -0.3 is 4.57 Å². The Balaban J connectivity index is 2.27. The molecule has 0 fully saturated rings. The first-order chi connectivity index (χ1) is 12.0. The van der Waals surface area contributed by atoms with Gasteiger partial charge >= 0.3 is 5.69 Å². The third kappa shape index (κ3) is 3.02. The molecule has 25 heavy (non-hydrogen) atoms. The summed E-state index contributed by atoms with van der Waals surface area (Å²) in [6.45, 7) is 4.71. The van der Waals surface area contributed by atoms with Crippen LogP contribution >= 0.6 is 11.6 Å². The minimum Gasteiger partial charge on any atom is -0.325 e. The van der Waals surface area contributed by atoms with Crippen LogP contribution in [0.2, 0.25) is 5.02 Å². The van der Waals surface area contributed by atoms with E-state index < -0.39 is 0 Å². The number of benzene rings is 1. The average Bonchev–Trinajstić information content (AvgIpc) is 2.94. The number of rotatable bonds is 5.